The highest BCUT2D eigenvalue weighted by molar-refractivity contribution is 6.10. The average Bonchev–Trinajstić information content (AvgIpc) is 3.06. The molecule has 0 atom stereocenters. The monoisotopic (exact) mass is 443 g/mol. The van der Waals surface area contributed by atoms with Crippen LogP contribution in [0.5, 0.6) is 0 Å². The predicted octanol–water partition coefficient (Wildman–Crippen LogP) is 3.48. The Bertz CT molecular complexity index is 1330. The number of hydrogen-bond donors (Lipinski definition) is 1. The van der Waals surface area contributed by atoms with Crippen molar-refractivity contribution in [1.29, 1.82) is 0 Å². The molecule has 0 unspecified atom stereocenters. The molecule has 8 nitrogen and oxygen atoms in total. The molecule has 32 heavy (non-hydrogen) atoms. The van der Waals surface area contributed by atoms with Crippen LogP contribution in [0, 0.1) is 6.92 Å². The summed E-state index contributed by atoms with van der Waals surface area (Å²) in [6.07, 6.45) is -2.22. The summed E-state index contributed by atoms with van der Waals surface area (Å²) in [7, 11) is 1.78. The second-order valence-electron chi connectivity index (χ2n) is 7.37. The van der Waals surface area contributed by atoms with Gasteiger partial charge < -0.3 is 10.6 Å². The standard InChI is InChI=1S/C21H20F3N7O/c1-4-31(10-13-6-5-12(8-26-13)21(22,23)24)20(32)15-7-14-16(9-27-15)28-19(25)17-11(2)29-30(3)18(14)17/h5-9H,4,10H2,1-3H3,(H2,25,28). The summed E-state index contributed by atoms with van der Waals surface area (Å²) in [5.41, 5.74) is 7.76. The Balaban J connectivity index is 1.69. The molecule has 0 saturated carbocycles. The number of aromatic nitrogens is 5. The number of halogens is 3. The SMILES string of the molecule is CCN(Cc1ccc(C(F)(F)F)cn1)C(=O)c1cc2c(cn1)nc(N)c1c(C)nn(C)c12. The highest BCUT2D eigenvalue weighted by Crippen LogP contribution is 2.30. The molecular weight excluding hydrogens is 423 g/mol. The molecule has 11 heteroatoms. The fourth-order valence-corrected chi connectivity index (χ4v) is 3.67. The van der Waals surface area contributed by atoms with Gasteiger partial charge in [0.05, 0.1) is 46.1 Å². The number of amides is 1. The Kier molecular flexibility index (Phi) is 5.19. The molecule has 4 rings (SSSR count). The molecule has 0 aromatic carbocycles. The lowest BCUT2D eigenvalue weighted by atomic mass is 10.1. The van der Waals surface area contributed by atoms with Crippen LogP contribution in [0.4, 0.5) is 19.0 Å². The Labute approximate surface area is 180 Å². The number of carbonyl (C=O) groups excluding carboxylic acids is 1. The average molecular weight is 443 g/mol. The third kappa shape index (κ3) is 3.70. The van der Waals surface area contributed by atoms with Gasteiger partial charge in [-0.25, -0.2) is 9.97 Å². The van der Waals surface area contributed by atoms with Crippen molar-refractivity contribution in [1.82, 2.24) is 29.6 Å². The smallest absolute Gasteiger partial charge is 0.383 e. The molecule has 0 aliphatic carbocycles. The van der Waals surface area contributed by atoms with Gasteiger partial charge in [-0.1, -0.05) is 0 Å². The third-order valence-electron chi connectivity index (χ3n) is 5.25. The highest BCUT2D eigenvalue weighted by atomic mass is 19.4. The lowest BCUT2D eigenvalue weighted by Crippen LogP contribution is -2.31. The van der Waals surface area contributed by atoms with Gasteiger partial charge in [0.2, 0.25) is 0 Å². The number of fused-ring (bicyclic) bond motifs is 3. The van der Waals surface area contributed by atoms with Crippen molar-refractivity contribution in [3.8, 4) is 0 Å². The minimum Gasteiger partial charge on any atom is -0.383 e. The Morgan fingerprint density at radius 1 is 1.22 bits per heavy atom. The number of rotatable bonds is 4. The number of anilines is 1. The van der Waals surface area contributed by atoms with Gasteiger partial charge in [-0.3, -0.25) is 14.5 Å². The van der Waals surface area contributed by atoms with Gasteiger partial charge in [-0.2, -0.15) is 18.3 Å². The normalized spacial score (nSPS) is 11.9. The van der Waals surface area contributed by atoms with Crippen LogP contribution in [0.2, 0.25) is 0 Å². The number of nitrogens with two attached hydrogens (primary N) is 1. The van der Waals surface area contributed by atoms with Crippen molar-refractivity contribution in [2.75, 3.05) is 12.3 Å². The van der Waals surface area contributed by atoms with Crippen LogP contribution in [0.3, 0.4) is 0 Å². The molecule has 0 fully saturated rings. The zero-order valence-corrected chi connectivity index (χ0v) is 17.6. The summed E-state index contributed by atoms with van der Waals surface area (Å²) in [4.78, 5) is 27.1. The molecule has 4 aromatic heterocycles. The van der Waals surface area contributed by atoms with Gasteiger partial charge in [0.1, 0.15) is 11.5 Å². The zero-order valence-electron chi connectivity index (χ0n) is 17.6. The van der Waals surface area contributed by atoms with Crippen molar-refractivity contribution in [2.24, 2.45) is 7.05 Å². The van der Waals surface area contributed by atoms with Crippen LogP contribution in [0.15, 0.2) is 30.6 Å². The van der Waals surface area contributed by atoms with E-state index in [0.717, 1.165) is 23.5 Å². The lowest BCUT2D eigenvalue weighted by Gasteiger charge is -2.20. The molecular formula is C21H20F3N7O. The van der Waals surface area contributed by atoms with Crippen LogP contribution in [-0.2, 0) is 19.8 Å². The molecule has 4 aromatic rings. The van der Waals surface area contributed by atoms with Gasteiger partial charge in [-0.15, -0.1) is 0 Å². The summed E-state index contributed by atoms with van der Waals surface area (Å²) in [5, 5.41) is 5.79. The maximum Gasteiger partial charge on any atom is 0.417 e. The number of hydrogen-bond acceptors (Lipinski definition) is 6. The number of pyridine rings is 3. The Morgan fingerprint density at radius 2 is 1.97 bits per heavy atom. The molecule has 0 spiro atoms. The quantitative estimate of drug-likeness (QED) is 0.518. The van der Waals surface area contributed by atoms with Gasteiger partial charge in [-0.05, 0) is 32.0 Å². The van der Waals surface area contributed by atoms with E-state index in [-0.39, 0.29) is 18.1 Å². The third-order valence-corrected chi connectivity index (χ3v) is 5.25. The number of nitrogen functional groups attached to an aromatic ring is 1. The number of alkyl halides is 3. The Hall–Kier alpha value is -3.76. The minimum absolute atomic E-state index is 0.0490. The van der Waals surface area contributed by atoms with Crippen LogP contribution >= 0.6 is 0 Å². The van der Waals surface area contributed by atoms with E-state index in [2.05, 4.69) is 20.1 Å². The van der Waals surface area contributed by atoms with Gasteiger partial charge >= 0.3 is 6.18 Å². The first-order valence-electron chi connectivity index (χ1n) is 9.80. The van der Waals surface area contributed by atoms with E-state index in [0.29, 0.717) is 34.3 Å². The topological polar surface area (TPSA) is 103 Å². The summed E-state index contributed by atoms with van der Waals surface area (Å²) >= 11 is 0. The fraction of sp³-hybridized carbons (Fsp3) is 0.286. The van der Waals surface area contributed by atoms with E-state index in [1.165, 1.54) is 17.2 Å². The molecule has 0 bridgehead atoms. The maximum absolute atomic E-state index is 13.1. The van der Waals surface area contributed by atoms with E-state index >= 15 is 0 Å². The molecule has 2 N–H and O–H groups in total. The van der Waals surface area contributed by atoms with E-state index < -0.39 is 11.7 Å². The van der Waals surface area contributed by atoms with E-state index in [4.69, 9.17) is 5.73 Å². The summed E-state index contributed by atoms with van der Waals surface area (Å²) in [5.74, 6) is -0.0393. The number of aryl methyl sites for hydroxylation is 2. The summed E-state index contributed by atoms with van der Waals surface area (Å²) in [6.45, 7) is 3.97. The van der Waals surface area contributed by atoms with Crippen LogP contribution in [0.25, 0.3) is 21.8 Å². The van der Waals surface area contributed by atoms with Gasteiger partial charge in [0.15, 0.2) is 0 Å². The van der Waals surface area contributed by atoms with Crippen LogP contribution in [-0.4, -0.2) is 42.1 Å². The Morgan fingerprint density at radius 3 is 2.59 bits per heavy atom. The molecule has 0 aliphatic heterocycles. The minimum atomic E-state index is -4.46. The molecule has 0 saturated heterocycles. The van der Waals surface area contributed by atoms with Gasteiger partial charge in [0.25, 0.3) is 5.91 Å². The van der Waals surface area contributed by atoms with Crippen molar-refractivity contribution in [3.05, 3.63) is 53.2 Å². The first kappa shape index (κ1) is 21.5. The summed E-state index contributed by atoms with van der Waals surface area (Å²) in [6, 6.07) is 3.85. The maximum atomic E-state index is 13.1. The van der Waals surface area contributed by atoms with Crippen LogP contribution in [0.1, 0.15) is 34.4 Å². The first-order valence-corrected chi connectivity index (χ1v) is 9.80. The highest BCUT2D eigenvalue weighted by Gasteiger charge is 2.30. The van der Waals surface area contributed by atoms with Crippen molar-refractivity contribution in [2.45, 2.75) is 26.6 Å². The summed E-state index contributed by atoms with van der Waals surface area (Å²) < 4.78 is 40.0. The molecule has 4 heterocycles. The van der Waals surface area contributed by atoms with Crippen LogP contribution < -0.4 is 5.73 Å². The second-order valence-corrected chi connectivity index (χ2v) is 7.37. The largest absolute Gasteiger partial charge is 0.417 e. The second kappa shape index (κ2) is 7.74. The number of nitrogens with zero attached hydrogens (tertiary/aromatic N) is 6. The van der Waals surface area contributed by atoms with Crippen molar-refractivity contribution in [3.63, 3.8) is 0 Å². The lowest BCUT2D eigenvalue weighted by molar-refractivity contribution is -0.137. The van der Waals surface area contributed by atoms with Crippen molar-refractivity contribution < 1.29 is 18.0 Å². The molecule has 0 aliphatic rings. The molecule has 0 radical (unpaired) electrons. The van der Waals surface area contributed by atoms with E-state index in [1.54, 1.807) is 24.7 Å². The molecule has 1 amide bonds. The predicted molar refractivity (Wildman–Crippen MR) is 113 cm³/mol. The van der Waals surface area contributed by atoms with Gasteiger partial charge in [0, 0.05) is 25.2 Å². The van der Waals surface area contributed by atoms with E-state index in [1.807, 2.05) is 6.92 Å². The van der Waals surface area contributed by atoms with Crippen molar-refractivity contribution >= 4 is 33.5 Å². The van der Waals surface area contributed by atoms with E-state index in [9.17, 15) is 18.0 Å². The zero-order chi connectivity index (χ0) is 23.2. The number of carbonyl (C=O) groups is 1. The first-order chi connectivity index (χ1) is 15.1. The fourth-order valence-electron chi connectivity index (χ4n) is 3.67. The molecule has 166 valence electrons.